The summed E-state index contributed by atoms with van der Waals surface area (Å²) in [5.74, 6) is 0.233. The van der Waals surface area contributed by atoms with Gasteiger partial charge in [-0.2, -0.15) is 0 Å². The predicted molar refractivity (Wildman–Crippen MR) is 80.3 cm³/mol. The maximum absolute atomic E-state index is 12.8. The molecule has 0 unspecified atom stereocenters. The second kappa shape index (κ2) is 6.43. The smallest absolute Gasteiger partial charge is 0.321 e. The predicted octanol–water partition coefficient (Wildman–Crippen LogP) is 2.91. The Morgan fingerprint density at radius 1 is 1.27 bits per heavy atom. The average Bonchev–Trinajstić information content (AvgIpc) is 2.99. The number of carbonyl (C=O) groups excluding carboxylic acids is 1. The zero-order chi connectivity index (χ0) is 15.4. The Balaban J connectivity index is 1.53. The van der Waals surface area contributed by atoms with E-state index in [2.05, 4.69) is 10.3 Å². The van der Waals surface area contributed by atoms with E-state index in [1.165, 1.54) is 24.3 Å². The van der Waals surface area contributed by atoms with Crippen molar-refractivity contribution >= 4 is 11.7 Å². The average molecular weight is 301 g/mol. The van der Waals surface area contributed by atoms with Crippen molar-refractivity contribution in [3.8, 4) is 5.88 Å². The molecule has 1 atom stereocenters. The molecule has 6 heteroatoms. The van der Waals surface area contributed by atoms with Gasteiger partial charge in [-0.3, -0.25) is 0 Å². The third-order valence-corrected chi connectivity index (χ3v) is 3.45. The highest BCUT2D eigenvalue weighted by Crippen LogP contribution is 2.17. The van der Waals surface area contributed by atoms with Crippen molar-refractivity contribution in [1.29, 1.82) is 0 Å². The lowest BCUT2D eigenvalue weighted by Gasteiger charge is -2.17. The number of anilines is 1. The van der Waals surface area contributed by atoms with Gasteiger partial charge in [0.05, 0.1) is 6.54 Å². The Labute approximate surface area is 127 Å². The molecule has 1 N–H and O–H groups in total. The standard InChI is InChI=1S/C16H16FN3O2/c17-12-4-6-13(7-5-12)19-16(21)20-10-8-14(11-20)22-15-3-1-2-9-18-15/h1-7,9,14H,8,10-11H2,(H,19,21)/t14-/m1/s1. The molecular weight excluding hydrogens is 285 g/mol. The first-order chi connectivity index (χ1) is 10.7. The molecule has 2 amide bonds. The van der Waals surface area contributed by atoms with Crippen molar-refractivity contribution < 1.29 is 13.9 Å². The zero-order valence-electron chi connectivity index (χ0n) is 11.9. The Kier molecular flexibility index (Phi) is 4.18. The van der Waals surface area contributed by atoms with Crippen LogP contribution in [0.1, 0.15) is 6.42 Å². The summed E-state index contributed by atoms with van der Waals surface area (Å²) in [5.41, 5.74) is 0.570. The van der Waals surface area contributed by atoms with Crippen LogP contribution in [0.15, 0.2) is 48.7 Å². The topological polar surface area (TPSA) is 54.5 Å². The minimum atomic E-state index is -0.331. The van der Waals surface area contributed by atoms with Gasteiger partial charge in [0.25, 0.3) is 0 Å². The molecule has 1 aromatic carbocycles. The largest absolute Gasteiger partial charge is 0.472 e. The first kappa shape index (κ1) is 14.3. The molecule has 0 radical (unpaired) electrons. The van der Waals surface area contributed by atoms with Gasteiger partial charge in [0.1, 0.15) is 11.9 Å². The molecule has 1 aliphatic heterocycles. The number of pyridine rings is 1. The number of hydrogen-bond donors (Lipinski definition) is 1. The summed E-state index contributed by atoms with van der Waals surface area (Å²) in [4.78, 5) is 17.9. The molecule has 114 valence electrons. The fraction of sp³-hybridized carbons (Fsp3) is 0.250. The van der Waals surface area contributed by atoms with Crippen LogP contribution < -0.4 is 10.1 Å². The Morgan fingerprint density at radius 3 is 2.82 bits per heavy atom. The molecule has 1 fully saturated rings. The molecule has 22 heavy (non-hydrogen) atoms. The molecule has 1 aliphatic rings. The van der Waals surface area contributed by atoms with Crippen molar-refractivity contribution in [2.24, 2.45) is 0 Å². The summed E-state index contributed by atoms with van der Waals surface area (Å²) in [5, 5.41) is 2.74. The summed E-state index contributed by atoms with van der Waals surface area (Å²) >= 11 is 0. The van der Waals surface area contributed by atoms with E-state index in [0.29, 0.717) is 24.7 Å². The Hall–Kier alpha value is -2.63. The number of amides is 2. The number of nitrogens with zero attached hydrogens (tertiary/aromatic N) is 2. The number of hydrogen-bond acceptors (Lipinski definition) is 3. The second-order valence-corrected chi connectivity index (χ2v) is 5.08. The van der Waals surface area contributed by atoms with E-state index in [-0.39, 0.29) is 18.0 Å². The number of urea groups is 1. The fourth-order valence-corrected chi connectivity index (χ4v) is 2.33. The maximum atomic E-state index is 12.8. The molecule has 0 saturated carbocycles. The van der Waals surface area contributed by atoms with E-state index < -0.39 is 0 Å². The number of ether oxygens (including phenoxy) is 1. The number of benzene rings is 1. The van der Waals surface area contributed by atoms with Gasteiger partial charge in [0, 0.05) is 30.9 Å². The second-order valence-electron chi connectivity index (χ2n) is 5.08. The number of rotatable bonds is 3. The summed E-state index contributed by atoms with van der Waals surface area (Å²) in [7, 11) is 0. The monoisotopic (exact) mass is 301 g/mol. The van der Waals surface area contributed by atoms with Crippen LogP contribution in [0.25, 0.3) is 0 Å². The van der Waals surface area contributed by atoms with E-state index in [0.717, 1.165) is 6.42 Å². The minimum Gasteiger partial charge on any atom is -0.472 e. The molecular formula is C16H16FN3O2. The molecule has 3 rings (SSSR count). The van der Waals surface area contributed by atoms with Crippen LogP contribution in [0.3, 0.4) is 0 Å². The van der Waals surface area contributed by atoms with Crippen molar-refractivity contribution in [3.63, 3.8) is 0 Å². The van der Waals surface area contributed by atoms with Gasteiger partial charge in [-0.15, -0.1) is 0 Å². The molecule has 2 heterocycles. The van der Waals surface area contributed by atoms with E-state index in [1.807, 2.05) is 12.1 Å². The highest BCUT2D eigenvalue weighted by Gasteiger charge is 2.27. The first-order valence-corrected chi connectivity index (χ1v) is 7.10. The van der Waals surface area contributed by atoms with E-state index in [9.17, 15) is 9.18 Å². The number of carbonyl (C=O) groups is 1. The lowest BCUT2D eigenvalue weighted by molar-refractivity contribution is 0.190. The van der Waals surface area contributed by atoms with Crippen LogP contribution in [-0.2, 0) is 0 Å². The number of halogens is 1. The SMILES string of the molecule is O=C(Nc1ccc(F)cc1)N1CC[C@@H](Oc2ccccn2)C1. The van der Waals surface area contributed by atoms with Crippen molar-refractivity contribution in [2.75, 3.05) is 18.4 Å². The van der Waals surface area contributed by atoms with Crippen LogP contribution >= 0.6 is 0 Å². The summed E-state index contributed by atoms with van der Waals surface area (Å²) in [6.45, 7) is 1.12. The lowest BCUT2D eigenvalue weighted by Crippen LogP contribution is -2.34. The summed E-state index contributed by atoms with van der Waals surface area (Å²) < 4.78 is 18.6. The van der Waals surface area contributed by atoms with Gasteiger partial charge in [-0.25, -0.2) is 14.2 Å². The van der Waals surface area contributed by atoms with Crippen LogP contribution in [0, 0.1) is 5.82 Å². The van der Waals surface area contributed by atoms with Crippen LogP contribution in [0.4, 0.5) is 14.9 Å². The third-order valence-electron chi connectivity index (χ3n) is 3.45. The van der Waals surface area contributed by atoms with Gasteiger partial charge in [-0.05, 0) is 30.3 Å². The zero-order valence-corrected chi connectivity index (χ0v) is 11.9. The molecule has 1 aromatic heterocycles. The Bertz CT molecular complexity index is 634. The van der Waals surface area contributed by atoms with Gasteiger partial charge in [0.2, 0.25) is 5.88 Å². The van der Waals surface area contributed by atoms with E-state index in [1.54, 1.807) is 17.2 Å². The normalized spacial score (nSPS) is 17.3. The summed E-state index contributed by atoms with van der Waals surface area (Å²) in [6.07, 6.45) is 2.37. The van der Waals surface area contributed by atoms with E-state index >= 15 is 0 Å². The maximum Gasteiger partial charge on any atom is 0.321 e. The lowest BCUT2D eigenvalue weighted by atomic mass is 10.3. The molecule has 2 aromatic rings. The quantitative estimate of drug-likeness (QED) is 0.948. The molecule has 5 nitrogen and oxygen atoms in total. The van der Waals surface area contributed by atoms with Crippen molar-refractivity contribution in [3.05, 3.63) is 54.5 Å². The van der Waals surface area contributed by atoms with Crippen molar-refractivity contribution in [1.82, 2.24) is 9.88 Å². The summed E-state index contributed by atoms with van der Waals surface area (Å²) in [6, 6.07) is 11.0. The van der Waals surface area contributed by atoms with E-state index in [4.69, 9.17) is 4.74 Å². The van der Waals surface area contributed by atoms with Crippen molar-refractivity contribution in [2.45, 2.75) is 12.5 Å². The Morgan fingerprint density at radius 2 is 2.09 bits per heavy atom. The van der Waals surface area contributed by atoms with Gasteiger partial charge in [-0.1, -0.05) is 6.07 Å². The molecule has 1 saturated heterocycles. The van der Waals surface area contributed by atoms with Crippen LogP contribution in [0.5, 0.6) is 5.88 Å². The van der Waals surface area contributed by atoms with Gasteiger partial charge >= 0.3 is 6.03 Å². The minimum absolute atomic E-state index is 0.0612. The fourth-order valence-electron chi connectivity index (χ4n) is 2.33. The third kappa shape index (κ3) is 3.52. The number of aromatic nitrogens is 1. The van der Waals surface area contributed by atoms with Crippen LogP contribution in [0.2, 0.25) is 0 Å². The number of likely N-dealkylation sites (tertiary alicyclic amines) is 1. The molecule has 0 aliphatic carbocycles. The number of nitrogens with one attached hydrogen (secondary N) is 1. The highest BCUT2D eigenvalue weighted by molar-refractivity contribution is 5.89. The molecule has 0 bridgehead atoms. The highest BCUT2D eigenvalue weighted by atomic mass is 19.1. The van der Waals surface area contributed by atoms with Crippen LogP contribution in [-0.4, -0.2) is 35.1 Å². The van der Waals surface area contributed by atoms with Gasteiger partial charge < -0.3 is 15.0 Å². The first-order valence-electron chi connectivity index (χ1n) is 7.10. The van der Waals surface area contributed by atoms with Gasteiger partial charge in [0.15, 0.2) is 0 Å². The molecule has 0 spiro atoms.